The molecule has 1 aliphatic carbocycles. The minimum Gasteiger partial charge on any atom is -0.479 e. The topological polar surface area (TPSA) is 69.7 Å². The Kier molecular flexibility index (Phi) is 5.63. The maximum Gasteiger partial charge on any atom is 0.344 e. The van der Waals surface area contributed by atoms with Crippen LogP contribution in [0.1, 0.15) is 33.2 Å². The fraction of sp³-hybridized carbons (Fsp3) is 0.150. The maximum atomic E-state index is 12.5. The summed E-state index contributed by atoms with van der Waals surface area (Å²) < 4.78 is 10.1. The van der Waals surface area contributed by atoms with Crippen LogP contribution < -0.4 is 4.74 Å². The predicted molar refractivity (Wildman–Crippen MR) is 102 cm³/mol. The molecule has 2 aromatic rings. The molecule has 1 aliphatic rings. The van der Waals surface area contributed by atoms with Crippen LogP contribution in [-0.4, -0.2) is 30.7 Å². The number of carbonyl (C=O) groups is 3. The van der Waals surface area contributed by atoms with Crippen molar-refractivity contribution in [3.63, 3.8) is 0 Å². The third-order valence-corrected chi connectivity index (χ3v) is 4.44. The Balaban J connectivity index is 1.87. The lowest BCUT2D eigenvalue weighted by atomic mass is 10.1. The number of Topliss-reactive ketones (excluding diaryl/α,β-unsaturated/α-hetero) is 2. The summed E-state index contributed by atoms with van der Waals surface area (Å²) in [6.45, 7) is 1.59. The number of halogens is 2. The Bertz CT molecular complexity index is 918. The van der Waals surface area contributed by atoms with Crippen molar-refractivity contribution in [2.45, 2.75) is 6.92 Å². The van der Waals surface area contributed by atoms with Gasteiger partial charge < -0.3 is 9.47 Å². The highest BCUT2D eigenvalue weighted by Gasteiger charge is 2.32. The average Bonchev–Trinajstić information content (AvgIpc) is 2.87. The Hall–Kier alpha value is -2.63. The number of benzene rings is 2. The van der Waals surface area contributed by atoms with Crippen LogP contribution in [-0.2, 0) is 9.53 Å². The fourth-order valence-corrected chi connectivity index (χ4v) is 3.32. The number of ether oxygens (including phenoxy) is 2. The standard InChI is InChI=1S/C20H14Cl2O5/c1-2-26-17(23)10-27-20-15(21)8-11(9-16(20)22)7-14-18(24)12-5-3-4-6-13(12)19(14)25/h3-9H,2,10H2,1H3. The highest BCUT2D eigenvalue weighted by molar-refractivity contribution is 6.41. The van der Waals surface area contributed by atoms with Crippen LogP contribution in [0.3, 0.4) is 0 Å². The Labute approximate surface area is 165 Å². The lowest BCUT2D eigenvalue weighted by molar-refractivity contribution is -0.145. The monoisotopic (exact) mass is 404 g/mol. The van der Waals surface area contributed by atoms with Crippen molar-refractivity contribution in [2.24, 2.45) is 0 Å². The molecule has 0 atom stereocenters. The van der Waals surface area contributed by atoms with E-state index in [2.05, 4.69) is 0 Å². The lowest BCUT2D eigenvalue weighted by Gasteiger charge is -2.10. The minimum atomic E-state index is -0.546. The first-order valence-corrected chi connectivity index (χ1v) is 8.85. The van der Waals surface area contributed by atoms with Crippen molar-refractivity contribution in [1.82, 2.24) is 0 Å². The first kappa shape index (κ1) is 19.1. The molecule has 0 spiro atoms. The second-order valence-corrected chi connectivity index (χ2v) is 6.48. The summed E-state index contributed by atoms with van der Waals surface area (Å²) in [6, 6.07) is 9.65. The van der Waals surface area contributed by atoms with Gasteiger partial charge in [-0.25, -0.2) is 4.79 Å². The van der Waals surface area contributed by atoms with E-state index in [1.807, 2.05) is 0 Å². The highest BCUT2D eigenvalue weighted by Crippen LogP contribution is 2.36. The van der Waals surface area contributed by atoms with Crippen molar-refractivity contribution < 1.29 is 23.9 Å². The van der Waals surface area contributed by atoms with E-state index >= 15 is 0 Å². The van der Waals surface area contributed by atoms with E-state index in [1.165, 1.54) is 18.2 Å². The van der Waals surface area contributed by atoms with E-state index in [4.69, 9.17) is 32.7 Å². The quantitative estimate of drug-likeness (QED) is 0.419. The van der Waals surface area contributed by atoms with Crippen LogP contribution >= 0.6 is 23.2 Å². The molecule has 0 saturated carbocycles. The van der Waals surface area contributed by atoms with Gasteiger partial charge in [0.15, 0.2) is 23.9 Å². The van der Waals surface area contributed by atoms with Gasteiger partial charge in [-0.15, -0.1) is 0 Å². The van der Waals surface area contributed by atoms with Gasteiger partial charge in [0.1, 0.15) is 0 Å². The van der Waals surface area contributed by atoms with Crippen molar-refractivity contribution in [3.05, 3.63) is 68.7 Å². The zero-order valence-corrected chi connectivity index (χ0v) is 15.8. The molecule has 0 radical (unpaired) electrons. The molecule has 0 aromatic heterocycles. The van der Waals surface area contributed by atoms with Crippen LogP contribution in [0.4, 0.5) is 0 Å². The Morgan fingerprint density at radius 2 is 1.59 bits per heavy atom. The zero-order chi connectivity index (χ0) is 19.6. The summed E-state index contributed by atoms with van der Waals surface area (Å²) >= 11 is 12.4. The number of carbonyl (C=O) groups excluding carboxylic acids is 3. The number of esters is 1. The van der Waals surface area contributed by atoms with E-state index in [0.29, 0.717) is 16.7 Å². The summed E-state index contributed by atoms with van der Waals surface area (Å²) in [6.07, 6.45) is 1.44. The number of hydrogen-bond donors (Lipinski definition) is 0. The number of fused-ring (bicyclic) bond motifs is 1. The zero-order valence-electron chi connectivity index (χ0n) is 14.3. The lowest BCUT2D eigenvalue weighted by Crippen LogP contribution is -2.14. The predicted octanol–water partition coefficient (Wildman–Crippen LogP) is 4.40. The first-order chi connectivity index (χ1) is 12.9. The summed E-state index contributed by atoms with van der Waals surface area (Å²) in [5.74, 6) is -1.10. The second-order valence-electron chi connectivity index (χ2n) is 5.67. The van der Waals surface area contributed by atoms with E-state index in [9.17, 15) is 14.4 Å². The van der Waals surface area contributed by atoms with Gasteiger partial charge in [0.05, 0.1) is 22.2 Å². The van der Waals surface area contributed by atoms with Crippen molar-refractivity contribution in [1.29, 1.82) is 0 Å². The van der Waals surface area contributed by atoms with E-state index in [-0.39, 0.29) is 46.1 Å². The number of rotatable bonds is 5. The van der Waals surface area contributed by atoms with Crippen LogP contribution in [0.2, 0.25) is 10.0 Å². The number of ketones is 2. The smallest absolute Gasteiger partial charge is 0.344 e. The van der Waals surface area contributed by atoms with E-state index < -0.39 is 5.97 Å². The molecule has 2 aromatic carbocycles. The molecule has 0 fully saturated rings. The number of allylic oxidation sites excluding steroid dienone is 1. The summed E-state index contributed by atoms with van der Waals surface area (Å²) in [5.41, 5.74) is 1.27. The van der Waals surface area contributed by atoms with Crippen molar-refractivity contribution >= 4 is 46.8 Å². The maximum absolute atomic E-state index is 12.5. The van der Waals surface area contributed by atoms with Gasteiger partial charge in [-0.2, -0.15) is 0 Å². The van der Waals surface area contributed by atoms with Crippen LogP contribution in [0.5, 0.6) is 5.75 Å². The largest absolute Gasteiger partial charge is 0.479 e. The van der Waals surface area contributed by atoms with Gasteiger partial charge in [-0.1, -0.05) is 47.5 Å². The fourth-order valence-electron chi connectivity index (χ4n) is 2.70. The summed E-state index contributed by atoms with van der Waals surface area (Å²) in [7, 11) is 0. The molecule has 0 heterocycles. The van der Waals surface area contributed by atoms with Crippen LogP contribution in [0.15, 0.2) is 42.0 Å². The molecule has 27 heavy (non-hydrogen) atoms. The SMILES string of the molecule is CCOC(=O)COc1c(Cl)cc(C=C2C(=O)c3ccccc3C2=O)cc1Cl. The van der Waals surface area contributed by atoms with Crippen molar-refractivity contribution in [2.75, 3.05) is 13.2 Å². The molecule has 0 bridgehead atoms. The molecule has 0 amide bonds. The van der Waals surface area contributed by atoms with Gasteiger partial charge >= 0.3 is 5.97 Å². The third-order valence-electron chi connectivity index (χ3n) is 3.88. The summed E-state index contributed by atoms with van der Waals surface area (Å²) in [4.78, 5) is 36.3. The number of hydrogen-bond acceptors (Lipinski definition) is 5. The molecule has 0 unspecified atom stereocenters. The molecular weight excluding hydrogens is 391 g/mol. The molecule has 3 rings (SSSR count). The molecule has 0 saturated heterocycles. The highest BCUT2D eigenvalue weighted by atomic mass is 35.5. The van der Waals surface area contributed by atoms with E-state index in [1.54, 1.807) is 31.2 Å². The third kappa shape index (κ3) is 3.89. The molecule has 7 heteroatoms. The minimum absolute atomic E-state index is 0.0449. The van der Waals surface area contributed by atoms with Gasteiger partial charge in [0.2, 0.25) is 0 Å². The Morgan fingerprint density at radius 3 is 2.11 bits per heavy atom. The second kappa shape index (κ2) is 7.94. The normalized spacial score (nSPS) is 12.8. The molecule has 5 nitrogen and oxygen atoms in total. The van der Waals surface area contributed by atoms with Gasteiger partial charge in [-0.3, -0.25) is 9.59 Å². The molecular formula is C20H14Cl2O5. The average molecular weight is 405 g/mol. The van der Waals surface area contributed by atoms with E-state index in [0.717, 1.165) is 0 Å². The summed E-state index contributed by atoms with van der Waals surface area (Å²) in [5, 5.41) is 0.295. The Morgan fingerprint density at radius 1 is 1.04 bits per heavy atom. The molecule has 0 aliphatic heterocycles. The first-order valence-electron chi connectivity index (χ1n) is 8.10. The van der Waals surface area contributed by atoms with Crippen LogP contribution in [0.25, 0.3) is 6.08 Å². The van der Waals surface area contributed by atoms with Gasteiger partial charge in [0.25, 0.3) is 0 Å². The molecule has 0 N–H and O–H groups in total. The van der Waals surface area contributed by atoms with Crippen LogP contribution in [0, 0.1) is 0 Å². The van der Waals surface area contributed by atoms with Gasteiger partial charge in [-0.05, 0) is 30.7 Å². The van der Waals surface area contributed by atoms with Crippen molar-refractivity contribution in [3.8, 4) is 5.75 Å². The van der Waals surface area contributed by atoms with Gasteiger partial charge in [0, 0.05) is 11.1 Å². The molecule has 138 valence electrons.